The van der Waals surface area contributed by atoms with Crippen LogP contribution in [-0.2, 0) is 15.3 Å². The summed E-state index contributed by atoms with van der Waals surface area (Å²) in [5, 5.41) is 0. The first-order chi connectivity index (χ1) is 8.33. The minimum Gasteiger partial charge on any atom is -0.229 e. The second-order valence-corrected chi connectivity index (χ2v) is 7.59. The predicted molar refractivity (Wildman–Crippen MR) is 78.6 cm³/mol. The molecule has 102 valence electrons. The Balaban J connectivity index is 3.07. The number of halogens is 2. The van der Waals surface area contributed by atoms with E-state index in [0.29, 0.717) is 18.2 Å². The van der Waals surface area contributed by atoms with E-state index < -0.39 is 15.3 Å². The summed E-state index contributed by atoms with van der Waals surface area (Å²) in [6, 6.07) is 7.92. The highest BCUT2D eigenvalue weighted by atomic mass is 35.5. The van der Waals surface area contributed by atoms with E-state index in [0.717, 1.165) is 11.1 Å². The van der Waals surface area contributed by atoms with Crippen molar-refractivity contribution in [2.24, 2.45) is 0 Å². The van der Waals surface area contributed by atoms with Gasteiger partial charge in [-0.15, -0.1) is 23.2 Å². The molecule has 5 heteroatoms. The van der Waals surface area contributed by atoms with Crippen LogP contribution in [0.2, 0.25) is 0 Å². The van der Waals surface area contributed by atoms with Crippen molar-refractivity contribution >= 4 is 33.0 Å². The molecule has 0 spiro atoms. The van der Waals surface area contributed by atoms with E-state index in [2.05, 4.69) is 0 Å². The van der Waals surface area contributed by atoms with Crippen LogP contribution in [0.5, 0.6) is 0 Å². The molecule has 0 aliphatic heterocycles. The Morgan fingerprint density at radius 3 is 2.28 bits per heavy atom. The van der Waals surface area contributed by atoms with E-state index in [9.17, 15) is 8.42 Å². The van der Waals surface area contributed by atoms with Crippen LogP contribution in [0.15, 0.2) is 24.3 Å². The molecule has 0 aromatic heterocycles. The second kappa shape index (κ2) is 6.27. The van der Waals surface area contributed by atoms with Gasteiger partial charge in [-0.2, -0.15) is 0 Å². The highest BCUT2D eigenvalue weighted by Crippen LogP contribution is 2.32. The van der Waals surface area contributed by atoms with Gasteiger partial charge in [0.25, 0.3) is 0 Å². The third-order valence-electron chi connectivity index (χ3n) is 3.09. The smallest absolute Gasteiger partial charge is 0.147 e. The first-order valence-corrected chi connectivity index (χ1v) is 8.83. The Labute approximate surface area is 119 Å². The van der Waals surface area contributed by atoms with Gasteiger partial charge in [0, 0.05) is 23.4 Å². The van der Waals surface area contributed by atoms with Crippen LogP contribution in [0.25, 0.3) is 0 Å². The van der Waals surface area contributed by atoms with Crippen LogP contribution in [-0.4, -0.2) is 32.2 Å². The average Bonchev–Trinajstić information content (AvgIpc) is 2.30. The zero-order chi connectivity index (χ0) is 13.8. The Hall–Kier alpha value is -0.250. The quantitative estimate of drug-likeness (QED) is 0.757. The minimum absolute atomic E-state index is 0.0976. The van der Waals surface area contributed by atoms with E-state index in [4.69, 9.17) is 23.2 Å². The molecule has 0 aliphatic carbocycles. The van der Waals surface area contributed by atoms with Gasteiger partial charge >= 0.3 is 0 Å². The fraction of sp³-hybridized carbons (Fsp3) is 0.538. The van der Waals surface area contributed by atoms with E-state index in [1.807, 2.05) is 31.2 Å². The number of hydrogen-bond donors (Lipinski definition) is 0. The number of alkyl halides is 2. The highest BCUT2D eigenvalue weighted by molar-refractivity contribution is 7.90. The first-order valence-electron chi connectivity index (χ1n) is 5.70. The van der Waals surface area contributed by atoms with Gasteiger partial charge in [-0.1, -0.05) is 29.8 Å². The zero-order valence-electron chi connectivity index (χ0n) is 10.6. The second-order valence-electron chi connectivity index (χ2n) is 4.80. The molecule has 1 rings (SSSR count). The molecule has 0 atom stereocenters. The van der Waals surface area contributed by atoms with Crippen molar-refractivity contribution < 1.29 is 8.42 Å². The normalized spacial score (nSPS) is 12.7. The van der Waals surface area contributed by atoms with Crippen molar-refractivity contribution in [1.29, 1.82) is 0 Å². The van der Waals surface area contributed by atoms with Crippen LogP contribution in [0, 0.1) is 6.92 Å². The van der Waals surface area contributed by atoms with Crippen LogP contribution in [0.1, 0.15) is 17.5 Å². The number of aryl methyl sites for hydroxylation is 1. The molecule has 0 saturated carbocycles. The van der Waals surface area contributed by atoms with Crippen LogP contribution >= 0.6 is 23.2 Å². The summed E-state index contributed by atoms with van der Waals surface area (Å²) >= 11 is 12.1. The van der Waals surface area contributed by atoms with E-state index >= 15 is 0 Å². The number of hydrogen-bond acceptors (Lipinski definition) is 2. The maximum Gasteiger partial charge on any atom is 0.147 e. The zero-order valence-corrected chi connectivity index (χ0v) is 12.9. The van der Waals surface area contributed by atoms with Gasteiger partial charge in [0.15, 0.2) is 0 Å². The first kappa shape index (κ1) is 15.8. The lowest BCUT2D eigenvalue weighted by atomic mass is 9.81. The van der Waals surface area contributed by atoms with Gasteiger partial charge in [0.05, 0.1) is 5.75 Å². The van der Waals surface area contributed by atoms with Gasteiger partial charge in [-0.3, -0.25) is 0 Å². The summed E-state index contributed by atoms with van der Waals surface area (Å²) in [6.07, 6.45) is 1.68. The standard InChI is InChI=1S/C13H18Cl2O2S/c1-11-4-3-5-12(8-11)13(9-14,10-15)6-7-18(2,16)17/h3-5,8H,6-7,9-10H2,1-2H3. The van der Waals surface area contributed by atoms with Crippen LogP contribution < -0.4 is 0 Å². The molecule has 0 saturated heterocycles. The monoisotopic (exact) mass is 308 g/mol. The molecule has 0 fully saturated rings. The number of rotatable bonds is 6. The molecule has 0 N–H and O–H groups in total. The van der Waals surface area contributed by atoms with Gasteiger partial charge in [-0.05, 0) is 18.9 Å². The Morgan fingerprint density at radius 1 is 1.22 bits per heavy atom. The lowest BCUT2D eigenvalue weighted by molar-refractivity contribution is 0.512. The van der Waals surface area contributed by atoms with Crippen LogP contribution in [0.4, 0.5) is 0 Å². The summed E-state index contributed by atoms with van der Waals surface area (Å²) in [6.45, 7) is 1.99. The molecule has 1 aromatic carbocycles. The fourth-order valence-corrected chi connectivity index (χ4v) is 3.45. The fourth-order valence-electron chi connectivity index (χ4n) is 1.82. The molecule has 0 amide bonds. The lowest BCUT2D eigenvalue weighted by Gasteiger charge is -2.30. The van der Waals surface area contributed by atoms with Gasteiger partial charge in [0.2, 0.25) is 0 Å². The van der Waals surface area contributed by atoms with E-state index in [1.165, 1.54) is 6.26 Å². The topological polar surface area (TPSA) is 34.1 Å². The summed E-state index contributed by atoms with van der Waals surface area (Å²) < 4.78 is 22.6. The molecule has 18 heavy (non-hydrogen) atoms. The van der Waals surface area contributed by atoms with Crippen LogP contribution in [0.3, 0.4) is 0 Å². The number of benzene rings is 1. The van der Waals surface area contributed by atoms with Gasteiger partial charge in [-0.25, -0.2) is 8.42 Å². The Kier molecular flexibility index (Phi) is 5.50. The highest BCUT2D eigenvalue weighted by Gasteiger charge is 2.31. The van der Waals surface area contributed by atoms with E-state index in [1.54, 1.807) is 0 Å². The maximum absolute atomic E-state index is 11.3. The third kappa shape index (κ3) is 4.15. The SMILES string of the molecule is Cc1cccc(C(CCl)(CCl)CCS(C)(=O)=O)c1. The van der Waals surface area contributed by atoms with Gasteiger partial charge < -0.3 is 0 Å². The largest absolute Gasteiger partial charge is 0.229 e. The molecule has 0 heterocycles. The van der Waals surface area contributed by atoms with Crippen molar-refractivity contribution in [3.63, 3.8) is 0 Å². The summed E-state index contributed by atoms with van der Waals surface area (Å²) in [7, 11) is -3.01. The Bertz CT molecular complexity index is 493. The molecular formula is C13H18Cl2O2S. The van der Waals surface area contributed by atoms with Crippen molar-refractivity contribution in [2.45, 2.75) is 18.8 Å². The maximum atomic E-state index is 11.3. The lowest BCUT2D eigenvalue weighted by Crippen LogP contribution is -2.33. The third-order valence-corrected chi connectivity index (χ3v) is 5.06. The van der Waals surface area contributed by atoms with Crippen molar-refractivity contribution in [3.8, 4) is 0 Å². The summed E-state index contributed by atoms with van der Waals surface area (Å²) in [5.41, 5.74) is 1.65. The molecule has 0 unspecified atom stereocenters. The summed E-state index contributed by atoms with van der Waals surface area (Å²) in [5.74, 6) is 0.728. The predicted octanol–water partition coefficient (Wildman–Crippen LogP) is 3.15. The molecular weight excluding hydrogens is 291 g/mol. The van der Waals surface area contributed by atoms with Gasteiger partial charge in [0.1, 0.15) is 9.84 Å². The molecule has 1 aromatic rings. The minimum atomic E-state index is -3.01. The molecule has 2 nitrogen and oxygen atoms in total. The Morgan fingerprint density at radius 2 is 1.83 bits per heavy atom. The number of sulfone groups is 1. The molecule has 0 radical (unpaired) electrons. The van der Waals surface area contributed by atoms with Crippen molar-refractivity contribution in [3.05, 3.63) is 35.4 Å². The van der Waals surface area contributed by atoms with Crippen molar-refractivity contribution in [2.75, 3.05) is 23.8 Å². The van der Waals surface area contributed by atoms with Crippen molar-refractivity contribution in [1.82, 2.24) is 0 Å². The van der Waals surface area contributed by atoms with E-state index in [-0.39, 0.29) is 5.75 Å². The molecule has 0 bridgehead atoms. The summed E-state index contributed by atoms with van der Waals surface area (Å²) in [4.78, 5) is 0. The average molecular weight is 309 g/mol. The molecule has 0 aliphatic rings.